The first kappa shape index (κ1) is 16.4. The molecule has 3 aromatic rings. The maximum absolute atomic E-state index is 12.5. The van der Waals surface area contributed by atoms with Gasteiger partial charge in [0.1, 0.15) is 5.75 Å². The van der Waals surface area contributed by atoms with Gasteiger partial charge in [-0.15, -0.1) is 0 Å². The summed E-state index contributed by atoms with van der Waals surface area (Å²) in [6.45, 7) is 1.19. The number of nitrogens with one attached hydrogen (secondary N) is 1. The van der Waals surface area contributed by atoms with Crippen LogP contribution in [0.25, 0.3) is 11.3 Å². The second-order valence-corrected chi connectivity index (χ2v) is 6.60. The smallest absolute Gasteiger partial charge is 0.271 e. The molecule has 4 rings (SSSR count). The Morgan fingerprint density at radius 3 is 2.81 bits per heavy atom. The fraction of sp³-hybridized carbons (Fsp3) is 0.238. The van der Waals surface area contributed by atoms with Gasteiger partial charge in [-0.2, -0.15) is 5.10 Å². The van der Waals surface area contributed by atoms with E-state index in [1.165, 1.54) is 5.56 Å². The van der Waals surface area contributed by atoms with Crippen LogP contribution in [0.4, 0.5) is 0 Å². The lowest BCUT2D eigenvalue weighted by Crippen LogP contribution is -2.35. The van der Waals surface area contributed by atoms with Gasteiger partial charge in [0, 0.05) is 19.5 Å². The lowest BCUT2D eigenvalue weighted by Gasteiger charge is -2.25. The third-order valence-electron chi connectivity index (χ3n) is 4.69. The Labute approximate surface area is 152 Å². The summed E-state index contributed by atoms with van der Waals surface area (Å²) in [7, 11) is 1.85. The van der Waals surface area contributed by atoms with Crippen molar-refractivity contribution in [3.63, 3.8) is 0 Å². The highest BCUT2D eigenvalue weighted by molar-refractivity contribution is 5.93. The molecule has 5 heteroatoms. The summed E-state index contributed by atoms with van der Waals surface area (Å²) in [6.07, 6.45) is 0.911. The number of ether oxygens (including phenoxy) is 1. The lowest BCUT2D eigenvalue weighted by molar-refractivity contribution is 0.0933. The van der Waals surface area contributed by atoms with Crippen molar-refractivity contribution in [1.29, 1.82) is 0 Å². The van der Waals surface area contributed by atoms with E-state index in [2.05, 4.69) is 16.5 Å². The van der Waals surface area contributed by atoms with E-state index in [1.54, 1.807) is 4.68 Å². The van der Waals surface area contributed by atoms with E-state index in [9.17, 15) is 4.79 Å². The molecule has 1 N–H and O–H groups in total. The molecule has 1 aliphatic rings. The fourth-order valence-corrected chi connectivity index (χ4v) is 3.31. The number of para-hydroxylation sites is 1. The topological polar surface area (TPSA) is 56.2 Å². The average Bonchev–Trinajstić information content (AvgIpc) is 3.08. The predicted molar refractivity (Wildman–Crippen MR) is 100 cm³/mol. The number of fused-ring (bicyclic) bond motifs is 1. The Bertz CT molecular complexity index is 918. The Hall–Kier alpha value is -3.08. The van der Waals surface area contributed by atoms with Crippen molar-refractivity contribution in [3.05, 3.63) is 71.9 Å². The summed E-state index contributed by atoms with van der Waals surface area (Å²) in [5.74, 6) is 1.07. The highest BCUT2D eigenvalue weighted by atomic mass is 16.5. The molecule has 0 radical (unpaired) electrons. The molecule has 1 aromatic heterocycles. The minimum absolute atomic E-state index is 0.151. The van der Waals surface area contributed by atoms with Crippen molar-refractivity contribution in [1.82, 2.24) is 15.1 Å². The van der Waals surface area contributed by atoms with Crippen LogP contribution in [0, 0.1) is 5.92 Å². The van der Waals surface area contributed by atoms with Gasteiger partial charge in [-0.1, -0.05) is 48.5 Å². The number of amides is 1. The highest BCUT2D eigenvalue weighted by Gasteiger charge is 2.21. The van der Waals surface area contributed by atoms with Crippen molar-refractivity contribution in [3.8, 4) is 17.0 Å². The molecule has 26 heavy (non-hydrogen) atoms. The van der Waals surface area contributed by atoms with Gasteiger partial charge in [0.05, 0.1) is 12.3 Å². The molecule has 132 valence electrons. The van der Waals surface area contributed by atoms with Gasteiger partial charge in [0.15, 0.2) is 5.69 Å². The Balaban J connectivity index is 1.40. The minimum atomic E-state index is -0.151. The van der Waals surface area contributed by atoms with Gasteiger partial charge >= 0.3 is 0 Å². The zero-order valence-electron chi connectivity index (χ0n) is 14.7. The molecule has 5 nitrogen and oxygen atoms in total. The van der Waals surface area contributed by atoms with Crippen LogP contribution in [-0.2, 0) is 13.5 Å². The van der Waals surface area contributed by atoms with Crippen molar-refractivity contribution in [2.45, 2.75) is 6.42 Å². The van der Waals surface area contributed by atoms with Crippen LogP contribution in [0.5, 0.6) is 5.75 Å². The summed E-state index contributed by atoms with van der Waals surface area (Å²) >= 11 is 0. The number of carbonyl (C=O) groups is 1. The van der Waals surface area contributed by atoms with Crippen LogP contribution in [0.2, 0.25) is 0 Å². The number of aromatic nitrogens is 2. The van der Waals surface area contributed by atoms with E-state index in [-0.39, 0.29) is 11.8 Å². The minimum Gasteiger partial charge on any atom is -0.493 e. The van der Waals surface area contributed by atoms with Crippen LogP contribution in [0.1, 0.15) is 16.1 Å². The van der Waals surface area contributed by atoms with Gasteiger partial charge in [-0.25, -0.2) is 0 Å². The second-order valence-electron chi connectivity index (χ2n) is 6.60. The number of aryl methyl sites for hydroxylation is 1. The van der Waals surface area contributed by atoms with E-state index < -0.39 is 0 Å². The van der Waals surface area contributed by atoms with E-state index in [0.29, 0.717) is 18.8 Å². The van der Waals surface area contributed by atoms with Crippen molar-refractivity contribution >= 4 is 5.91 Å². The van der Waals surface area contributed by atoms with Crippen LogP contribution < -0.4 is 10.1 Å². The monoisotopic (exact) mass is 347 g/mol. The number of hydrogen-bond acceptors (Lipinski definition) is 3. The molecular formula is C21H21N3O2. The zero-order chi connectivity index (χ0) is 17.9. The van der Waals surface area contributed by atoms with Gasteiger partial charge in [0.2, 0.25) is 0 Å². The number of benzene rings is 2. The molecule has 0 saturated heterocycles. The van der Waals surface area contributed by atoms with Gasteiger partial charge in [0.25, 0.3) is 5.91 Å². The quantitative estimate of drug-likeness (QED) is 0.789. The van der Waals surface area contributed by atoms with E-state index in [4.69, 9.17) is 4.74 Å². The highest BCUT2D eigenvalue weighted by Crippen LogP contribution is 2.26. The van der Waals surface area contributed by atoms with Crippen LogP contribution in [0.3, 0.4) is 0 Å². The molecular weight excluding hydrogens is 326 g/mol. The number of carbonyl (C=O) groups excluding carboxylic acids is 1. The first-order valence-electron chi connectivity index (χ1n) is 8.79. The summed E-state index contributed by atoms with van der Waals surface area (Å²) in [5.41, 5.74) is 3.59. The lowest BCUT2D eigenvalue weighted by atomic mass is 9.97. The Morgan fingerprint density at radius 1 is 1.19 bits per heavy atom. The normalized spacial score (nSPS) is 15.8. The van der Waals surface area contributed by atoms with E-state index >= 15 is 0 Å². The van der Waals surface area contributed by atoms with Crippen molar-refractivity contribution in [2.75, 3.05) is 13.2 Å². The molecule has 1 aliphatic heterocycles. The summed E-state index contributed by atoms with van der Waals surface area (Å²) in [6, 6.07) is 19.8. The second kappa shape index (κ2) is 7.04. The maximum atomic E-state index is 12.5. The molecule has 2 aromatic carbocycles. The van der Waals surface area contributed by atoms with Crippen LogP contribution >= 0.6 is 0 Å². The summed E-state index contributed by atoms with van der Waals surface area (Å²) in [4.78, 5) is 12.5. The Morgan fingerprint density at radius 2 is 1.96 bits per heavy atom. The first-order chi connectivity index (χ1) is 12.7. The van der Waals surface area contributed by atoms with Gasteiger partial charge in [-0.3, -0.25) is 9.48 Å². The molecule has 1 atom stereocenters. The molecule has 2 heterocycles. The maximum Gasteiger partial charge on any atom is 0.271 e. The molecule has 0 bridgehead atoms. The summed E-state index contributed by atoms with van der Waals surface area (Å²) < 4.78 is 7.52. The SMILES string of the molecule is Cn1nc(C(=O)NC[C@H]2COc3ccccc3C2)cc1-c1ccccc1. The van der Waals surface area contributed by atoms with Crippen molar-refractivity contribution < 1.29 is 9.53 Å². The largest absolute Gasteiger partial charge is 0.493 e. The molecule has 1 amide bonds. The molecule has 0 fully saturated rings. The third-order valence-corrected chi connectivity index (χ3v) is 4.69. The summed E-state index contributed by atoms with van der Waals surface area (Å²) in [5, 5.41) is 7.36. The van der Waals surface area contributed by atoms with Gasteiger partial charge in [-0.05, 0) is 29.7 Å². The molecule has 0 saturated carbocycles. The van der Waals surface area contributed by atoms with Crippen LogP contribution in [0.15, 0.2) is 60.7 Å². The first-order valence-corrected chi connectivity index (χ1v) is 8.79. The zero-order valence-corrected chi connectivity index (χ0v) is 14.7. The molecule has 0 unspecified atom stereocenters. The molecule has 0 spiro atoms. The van der Waals surface area contributed by atoms with E-state index in [1.807, 2.05) is 61.6 Å². The average molecular weight is 347 g/mol. The fourth-order valence-electron chi connectivity index (χ4n) is 3.31. The number of hydrogen-bond donors (Lipinski definition) is 1. The van der Waals surface area contributed by atoms with Crippen LogP contribution in [-0.4, -0.2) is 28.8 Å². The Kier molecular flexibility index (Phi) is 4.44. The number of nitrogens with zero attached hydrogens (tertiary/aromatic N) is 2. The number of rotatable bonds is 4. The van der Waals surface area contributed by atoms with Crippen molar-refractivity contribution in [2.24, 2.45) is 13.0 Å². The van der Waals surface area contributed by atoms with Gasteiger partial charge < -0.3 is 10.1 Å². The van der Waals surface area contributed by atoms with E-state index in [0.717, 1.165) is 23.4 Å². The standard InChI is InChI=1S/C21H21N3O2/c1-24-19(16-7-3-2-4-8-16)12-18(23-24)21(25)22-13-15-11-17-9-5-6-10-20(17)26-14-15/h2-10,12,15H,11,13-14H2,1H3,(H,22,25)/t15-/m0/s1. The predicted octanol–water partition coefficient (Wildman–Crippen LogP) is 3.07. The molecule has 0 aliphatic carbocycles. The third kappa shape index (κ3) is 3.33.